The number of amides is 2. The molecule has 6 nitrogen and oxygen atoms in total. The molecule has 22 heavy (non-hydrogen) atoms. The van der Waals surface area contributed by atoms with Gasteiger partial charge < -0.3 is 10.2 Å². The number of carbonyl (C=O) groups is 1. The fourth-order valence-corrected chi connectivity index (χ4v) is 3.68. The van der Waals surface area contributed by atoms with E-state index in [1.807, 2.05) is 0 Å². The molecule has 0 aliphatic carbocycles. The highest BCUT2D eigenvalue weighted by Crippen LogP contribution is 2.14. The highest BCUT2D eigenvalue weighted by atomic mass is 32.2. The third-order valence-electron chi connectivity index (χ3n) is 3.56. The lowest BCUT2D eigenvalue weighted by Crippen LogP contribution is -2.49. The Bertz CT molecular complexity index is 608. The topological polar surface area (TPSA) is 78.5 Å². The zero-order chi connectivity index (χ0) is 16.0. The standard InChI is InChI=1S/C15H21N3O3S/c1-2-10-16-15(19)18-11-8-13(9-12-18)17-22(20,21)14-6-4-3-5-7-14/h2-7,13,17H,1,8-12H2,(H,16,19). The van der Waals surface area contributed by atoms with E-state index in [0.29, 0.717) is 32.5 Å². The van der Waals surface area contributed by atoms with Gasteiger partial charge in [0.2, 0.25) is 10.0 Å². The molecular formula is C15H21N3O3S. The zero-order valence-electron chi connectivity index (χ0n) is 12.4. The lowest BCUT2D eigenvalue weighted by Gasteiger charge is -2.32. The van der Waals surface area contributed by atoms with Crippen LogP contribution in [0.3, 0.4) is 0 Å². The van der Waals surface area contributed by atoms with Crippen molar-refractivity contribution in [3.8, 4) is 0 Å². The molecule has 1 aliphatic heterocycles. The van der Waals surface area contributed by atoms with Crippen LogP contribution in [0, 0.1) is 0 Å². The molecule has 1 saturated heterocycles. The summed E-state index contributed by atoms with van der Waals surface area (Å²) in [4.78, 5) is 13.8. The van der Waals surface area contributed by atoms with Gasteiger partial charge in [0, 0.05) is 25.7 Å². The lowest BCUT2D eigenvalue weighted by atomic mass is 10.1. The Labute approximate surface area is 131 Å². The number of benzene rings is 1. The maximum atomic E-state index is 12.2. The van der Waals surface area contributed by atoms with Crippen LogP contribution in [0.4, 0.5) is 4.79 Å². The molecule has 0 unspecified atom stereocenters. The minimum atomic E-state index is -3.49. The van der Waals surface area contributed by atoms with Crippen LogP contribution in [0.2, 0.25) is 0 Å². The van der Waals surface area contributed by atoms with Gasteiger partial charge in [-0.25, -0.2) is 17.9 Å². The molecule has 120 valence electrons. The van der Waals surface area contributed by atoms with Crippen LogP contribution in [-0.2, 0) is 10.0 Å². The number of sulfonamides is 1. The van der Waals surface area contributed by atoms with Gasteiger partial charge in [-0.3, -0.25) is 0 Å². The molecule has 2 amide bonds. The number of rotatable bonds is 5. The number of urea groups is 1. The summed E-state index contributed by atoms with van der Waals surface area (Å²) in [5.74, 6) is 0. The van der Waals surface area contributed by atoms with E-state index in [2.05, 4.69) is 16.6 Å². The zero-order valence-corrected chi connectivity index (χ0v) is 13.2. The van der Waals surface area contributed by atoms with Crippen LogP contribution in [0.15, 0.2) is 47.9 Å². The van der Waals surface area contributed by atoms with Crippen molar-refractivity contribution in [3.05, 3.63) is 43.0 Å². The Morgan fingerprint density at radius 3 is 2.50 bits per heavy atom. The second-order valence-corrected chi connectivity index (χ2v) is 6.88. The maximum absolute atomic E-state index is 12.2. The molecule has 0 atom stereocenters. The number of piperidine rings is 1. The third-order valence-corrected chi connectivity index (χ3v) is 5.09. The summed E-state index contributed by atoms with van der Waals surface area (Å²) in [7, 11) is -3.49. The fourth-order valence-electron chi connectivity index (χ4n) is 2.36. The second-order valence-electron chi connectivity index (χ2n) is 5.17. The van der Waals surface area contributed by atoms with Gasteiger partial charge in [0.25, 0.3) is 0 Å². The lowest BCUT2D eigenvalue weighted by molar-refractivity contribution is 0.181. The van der Waals surface area contributed by atoms with Gasteiger partial charge >= 0.3 is 6.03 Å². The number of hydrogen-bond acceptors (Lipinski definition) is 3. The summed E-state index contributed by atoms with van der Waals surface area (Å²) < 4.78 is 27.2. The average Bonchev–Trinajstić information content (AvgIpc) is 2.54. The Morgan fingerprint density at radius 1 is 1.27 bits per heavy atom. The van der Waals surface area contributed by atoms with Gasteiger partial charge in [-0.1, -0.05) is 24.3 Å². The molecule has 0 bridgehead atoms. The van der Waals surface area contributed by atoms with E-state index in [1.165, 1.54) is 0 Å². The van der Waals surface area contributed by atoms with Crippen molar-refractivity contribution in [3.63, 3.8) is 0 Å². The molecule has 2 rings (SSSR count). The van der Waals surface area contributed by atoms with E-state index in [1.54, 1.807) is 41.3 Å². The summed E-state index contributed by atoms with van der Waals surface area (Å²) in [6.07, 6.45) is 2.83. The monoisotopic (exact) mass is 323 g/mol. The first-order valence-electron chi connectivity index (χ1n) is 7.24. The highest BCUT2D eigenvalue weighted by molar-refractivity contribution is 7.89. The number of likely N-dealkylation sites (tertiary alicyclic amines) is 1. The Morgan fingerprint density at radius 2 is 1.91 bits per heavy atom. The fraction of sp³-hybridized carbons (Fsp3) is 0.400. The average molecular weight is 323 g/mol. The molecule has 0 saturated carbocycles. The number of carbonyl (C=O) groups excluding carboxylic acids is 1. The molecule has 0 spiro atoms. The highest BCUT2D eigenvalue weighted by Gasteiger charge is 2.26. The number of nitrogens with zero attached hydrogens (tertiary/aromatic N) is 1. The molecule has 1 aliphatic rings. The molecule has 1 aromatic carbocycles. The summed E-state index contributed by atoms with van der Waals surface area (Å²) >= 11 is 0. The van der Waals surface area contributed by atoms with Crippen molar-refractivity contribution in [1.82, 2.24) is 14.9 Å². The van der Waals surface area contributed by atoms with Crippen molar-refractivity contribution >= 4 is 16.1 Å². The third kappa shape index (κ3) is 4.32. The quantitative estimate of drug-likeness (QED) is 0.802. The Balaban J connectivity index is 1.87. The van der Waals surface area contributed by atoms with Crippen LogP contribution in [0.5, 0.6) is 0 Å². The molecular weight excluding hydrogens is 302 g/mol. The Kier molecular flexibility index (Phi) is 5.57. The van der Waals surface area contributed by atoms with E-state index in [4.69, 9.17) is 0 Å². The van der Waals surface area contributed by atoms with Crippen LogP contribution < -0.4 is 10.0 Å². The second kappa shape index (κ2) is 7.42. The summed E-state index contributed by atoms with van der Waals surface area (Å²) in [5, 5.41) is 2.72. The van der Waals surface area contributed by atoms with E-state index < -0.39 is 10.0 Å². The predicted octanol–water partition coefficient (Wildman–Crippen LogP) is 1.32. The maximum Gasteiger partial charge on any atom is 0.317 e. The van der Waals surface area contributed by atoms with E-state index in [-0.39, 0.29) is 17.0 Å². The van der Waals surface area contributed by atoms with Crippen LogP contribution in [-0.4, -0.2) is 45.0 Å². The first-order chi connectivity index (χ1) is 10.5. The normalized spacial score (nSPS) is 16.3. The van der Waals surface area contributed by atoms with E-state index in [0.717, 1.165) is 0 Å². The Hall–Kier alpha value is -1.86. The number of nitrogens with one attached hydrogen (secondary N) is 2. The van der Waals surface area contributed by atoms with Gasteiger partial charge in [0.1, 0.15) is 0 Å². The first-order valence-corrected chi connectivity index (χ1v) is 8.72. The molecule has 7 heteroatoms. The summed E-state index contributed by atoms with van der Waals surface area (Å²) in [6.45, 7) is 5.04. The summed E-state index contributed by atoms with van der Waals surface area (Å²) in [5.41, 5.74) is 0. The molecule has 1 aromatic rings. The molecule has 0 radical (unpaired) electrons. The molecule has 2 N–H and O–H groups in total. The van der Waals surface area contributed by atoms with Crippen molar-refractivity contribution in [1.29, 1.82) is 0 Å². The van der Waals surface area contributed by atoms with Gasteiger partial charge in [-0.2, -0.15) is 0 Å². The SMILES string of the molecule is C=CCNC(=O)N1CCC(NS(=O)(=O)c2ccccc2)CC1. The largest absolute Gasteiger partial charge is 0.335 e. The predicted molar refractivity (Wildman–Crippen MR) is 85.0 cm³/mol. The van der Waals surface area contributed by atoms with Crippen LogP contribution in [0.25, 0.3) is 0 Å². The van der Waals surface area contributed by atoms with Crippen molar-refractivity contribution in [2.24, 2.45) is 0 Å². The van der Waals surface area contributed by atoms with Crippen molar-refractivity contribution in [2.45, 2.75) is 23.8 Å². The van der Waals surface area contributed by atoms with Gasteiger partial charge in [0.15, 0.2) is 0 Å². The van der Waals surface area contributed by atoms with Gasteiger partial charge in [0.05, 0.1) is 4.90 Å². The van der Waals surface area contributed by atoms with E-state index >= 15 is 0 Å². The van der Waals surface area contributed by atoms with E-state index in [9.17, 15) is 13.2 Å². The first kappa shape index (κ1) is 16.5. The number of hydrogen-bond donors (Lipinski definition) is 2. The molecule has 1 heterocycles. The van der Waals surface area contributed by atoms with Crippen LogP contribution >= 0.6 is 0 Å². The van der Waals surface area contributed by atoms with Gasteiger partial charge in [-0.05, 0) is 25.0 Å². The van der Waals surface area contributed by atoms with Gasteiger partial charge in [-0.15, -0.1) is 6.58 Å². The minimum Gasteiger partial charge on any atom is -0.335 e. The molecule has 1 fully saturated rings. The van der Waals surface area contributed by atoms with Crippen LogP contribution in [0.1, 0.15) is 12.8 Å². The minimum absolute atomic E-state index is 0.135. The van der Waals surface area contributed by atoms with Crippen molar-refractivity contribution < 1.29 is 13.2 Å². The smallest absolute Gasteiger partial charge is 0.317 e. The van der Waals surface area contributed by atoms with Crippen molar-refractivity contribution in [2.75, 3.05) is 19.6 Å². The summed E-state index contributed by atoms with van der Waals surface area (Å²) in [6, 6.07) is 8.03. The molecule has 0 aromatic heterocycles.